The molecule has 2 fully saturated rings. The van der Waals surface area contributed by atoms with Crippen molar-refractivity contribution < 1.29 is 9.53 Å². The third kappa shape index (κ3) is 3.74. The number of nitrogens with zero attached hydrogens (tertiary/aromatic N) is 5. The van der Waals surface area contributed by atoms with E-state index in [-0.39, 0.29) is 16.9 Å². The molecule has 3 aromatic heterocycles. The highest BCUT2D eigenvalue weighted by Crippen LogP contribution is 2.27. The van der Waals surface area contributed by atoms with Gasteiger partial charge in [0.25, 0.3) is 5.91 Å². The average molecular weight is 489 g/mol. The van der Waals surface area contributed by atoms with Gasteiger partial charge in [0, 0.05) is 32.7 Å². The fraction of sp³-hybridized carbons (Fsp3) is 0.444. The molecule has 0 spiro atoms. The Balaban J connectivity index is 1.49. The minimum absolute atomic E-state index is 0.168. The Bertz CT molecular complexity index is 1520. The monoisotopic (exact) mass is 488 g/mol. The lowest BCUT2D eigenvalue weighted by Crippen LogP contribution is -2.37. The van der Waals surface area contributed by atoms with Gasteiger partial charge >= 0.3 is 0 Å². The van der Waals surface area contributed by atoms with Crippen molar-refractivity contribution in [3.05, 3.63) is 52.2 Å². The summed E-state index contributed by atoms with van der Waals surface area (Å²) in [5.41, 5.74) is 2.86. The van der Waals surface area contributed by atoms with E-state index in [0.717, 1.165) is 49.3 Å². The summed E-state index contributed by atoms with van der Waals surface area (Å²) < 4.78 is 9.39. The first-order valence-electron chi connectivity index (χ1n) is 12.8. The number of rotatable bonds is 5. The second kappa shape index (κ2) is 9.22. The van der Waals surface area contributed by atoms with E-state index in [0.29, 0.717) is 42.5 Å². The number of para-hydroxylation sites is 2. The van der Waals surface area contributed by atoms with Crippen LogP contribution in [-0.4, -0.2) is 77.2 Å². The fourth-order valence-electron chi connectivity index (χ4n) is 5.79. The van der Waals surface area contributed by atoms with Crippen LogP contribution in [-0.2, 0) is 11.8 Å². The van der Waals surface area contributed by atoms with Crippen molar-refractivity contribution in [3.8, 4) is 0 Å². The minimum atomic E-state index is -0.330. The number of carbonyl (C=O) groups is 1. The SMILES string of the molecule is CN1CCCC1CCNC(=O)c1c(=O)c2ccc(N3CCOCC3)nc2n2c3ccccc3n(C)c12. The van der Waals surface area contributed by atoms with Gasteiger partial charge in [-0.15, -0.1) is 0 Å². The largest absolute Gasteiger partial charge is 0.378 e. The number of pyridine rings is 2. The molecule has 0 aliphatic carbocycles. The number of aryl methyl sites for hydroxylation is 1. The van der Waals surface area contributed by atoms with Crippen LogP contribution >= 0.6 is 0 Å². The first-order chi connectivity index (χ1) is 17.5. The molecule has 2 aliphatic rings. The second-order valence-electron chi connectivity index (χ2n) is 9.87. The molecular formula is C27H32N6O3. The molecule has 1 aromatic carbocycles. The highest BCUT2D eigenvalue weighted by Gasteiger charge is 2.26. The van der Waals surface area contributed by atoms with Gasteiger partial charge in [0.05, 0.1) is 29.6 Å². The molecule has 2 aliphatic heterocycles. The molecule has 4 aromatic rings. The van der Waals surface area contributed by atoms with Crippen molar-refractivity contribution in [1.82, 2.24) is 24.2 Å². The number of amides is 1. The maximum atomic E-state index is 13.8. The van der Waals surface area contributed by atoms with Crippen LogP contribution < -0.4 is 15.6 Å². The molecule has 1 amide bonds. The van der Waals surface area contributed by atoms with Crippen LogP contribution in [0.4, 0.5) is 5.82 Å². The number of imidazole rings is 1. The van der Waals surface area contributed by atoms with E-state index in [1.54, 1.807) is 0 Å². The highest BCUT2D eigenvalue weighted by molar-refractivity contribution is 6.05. The maximum Gasteiger partial charge on any atom is 0.259 e. The van der Waals surface area contributed by atoms with Crippen LogP contribution in [0, 0.1) is 0 Å². The van der Waals surface area contributed by atoms with Crippen molar-refractivity contribution in [2.24, 2.45) is 7.05 Å². The molecular weight excluding hydrogens is 456 g/mol. The number of benzene rings is 1. The van der Waals surface area contributed by atoms with Crippen molar-refractivity contribution in [3.63, 3.8) is 0 Å². The number of carbonyl (C=O) groups excluding carboxylic acids is 1. The molecule has 0 bridgehead atoms. The molecule has 0 saturated carbocycles. The number of hydrogen-bond donors (Lipinski definition) is 1. The summed E-state index contributed by atoms with van der Waals surface area (Å²) in [6, 6.07) is 12.1. The van der Waals surface area contributed by atoms with Gasteiger partial charge < -0.3 is 24.4 Å². The van der Waals surface area contributed by atoms with Gasteiger partial charge in [-0.3, -0.25) is 14.0 Å². The molecule has 2 saturated heterocycles. The zero-order valence-corrected chi connectivity index (χ0v) is 20.9. The Labute approximate surface area is 209 Å². The van der Waals surface area contributed by atoms with E-state index in [1.165, 1.54) is 6.42 Å². The number of anilines is 1. The van der Waals surface area contributed by atoms with Gasteiger partial charge in [-0.1, -0.05) is 12.1 Å². The summed E-state index contributed by atoms with van der Waals surface area (Å²) in [7, 11) is 4.03. The minimum Gasteiger partial charge on any atom is -0.378 e. The van der Waals surface area contributed by atoms with E-state index in [2.05, 4.69) is 22.2 Å². The Hall–Kier alpha value is -3.43. The Morgan fingerprint density at radius 3 is 2.61 bits per heavy atom. The third-order valence-corrected chi connectivity index (χ3v) is 7.78. The molecule has 6 rings (SSSR count). The lowest BCUT2D eigenvalue weighted by atomic mass is 10.1. The van der Waals surface area contributed by atoms with E-state index in [4.69, 9.17) is 9.72 Å². The quantitative estimate of drug-likeness (QED) is 0.465. The molecule has 188 valence electrons. The summed E-state index contributed by atoms with van der Waals surface area (Å²) in [5.74, 6) is 0.480. The fourth-order valence-corrected chi connectivity index (χ4v) is 5.79. The Kier molecular flexibility index (Phi) is 5.89. The number of ether oxygens (including phenoxy) is 1. The van der Waals surface area contributed by atoms with Crippen molar-refractivity contribution >= 4 is 39.4 Å². The lowest BCUT2D eigenvalue weighted by molar-refractivity contribution is 0.0950. The molecule has 1 N–H and O–H groups in total. The van der Waals surface area contributed by atoms with Gasteiger partial charge in [-0.2, -0.15) is 0 Å². The van der Waals surface area contributed by atoms with E-state index >= 15 is 0 Å². The number of aromatic nitrogens is 3. The van der Waals surface area contributed by atoms with Crippen molar-refractivity contribution in [2.45, 2.75) is 25.3 Å². The maximum absolute atomic E-state index is 13.8. The van der Waals surface area contributed by atoms with Gasteiger partial charge in [0.15, 0.2) is 5.65 Å². The topological polar surface area (TPSA) is 84.1 Å². The van der Waals surface area contributed by atoms with Crippen molar-refractivity contribution in [2.75, 3.05) is 51.3 Å². The predicted octanol–water partition coefficient (Wildman–Crippen LogP) is 2.39. The third-order valence-electron chi connectivity index (χ3n) is 7.78. The first-order valence-corrected chi connectivity index (χ1v) is 12.8. The molecule has 9 heteroatoms. The summed E-state index contributed by atoms with van der Waals surface area (Å²) in [6.45, 7) is 4.44. The van der Waals surface area contributed by atoms with Crippen LogP contribution in [0.25, 0.3) is 27.7 Å². The average Bonchev–Trinajstić information content (AvgIpc) is 3.45. The van der Waals surface area contributed by atoms with Crippen molar-refractivity contribution in [1.29, 1.82) is 0 Å². The molecule has 9 nitrogen and oxygen atoms in total. The number of fused-ring (bicyclic) bond motifs is 5. The summed E-state index contributed by atoms with van der Waals surface area (Å²) in [5, 5.41) is 3.49. The molecule has 0 radical (unpaired) electrons. The smallest absolute Gasteiger partial charge is 0.259 e. The molecule has 1 atom stereocenters. The Morgan fingerprint density at radius 1 is 1.08 bits per heavy atom. The Morgan fingerprint density at radius 2 is 1.86 bits per heavy atom. The zero-order chi connectivity index (χ0) is 24.8. The van der Waals surface area contributed by atoms with Crippen LogP contribution in [0.3, 0.4) is 0 Å². The van der Waals surface area contributed by atoms with Crippen LogP contribution in [0.5, 0.6) is 0 Å². The van der Waals surface area contributed by atoms with E-state index < -0.39 is 0 Å². The zero-order valence-electron chi connectivity index (χ0n) is 20.9. The lowest BCUT2D eigenvalue weighted by Gasteiger charge is -2.28. The number of nitrogens with one attached hydrogen (secondary N) is 1. The molecule has 5 heterocycles. The van der Waals surface area contributed by atoms with E-state index in [9.17, 15) is 9.59 Å². The number of morpholine rings is 1. The summed E-state index contributed by atoms with van der Waals surface area (Å²) in [6.07, 6.45) is 3.21. The molecule has 1 unspecified atom stereocenters. The van der Waals surface area contributed by atoms with Crippen LogP contribution in [0.2, 0.25) is 0 Å². The van der Waals surface area contributed by atoms with Gasteiger partial charge in [-0.05, 0) is 57.1 Å². The van der Waals surface area contributed by atoms with Gasteiger partial charge in [0.1, 0.15) is 17.0 Å². The normalized spacial score (nSPS) is 19.1. The van der Waals surface area contributed by atoms with Crippen LogP contribution in [0.1, 0.15) is 29.6 Å². The van der Waals surface area contributed by atoms with Gasteiger partial charge in [-0.25, -0.2) is 4.98 Å². The summed E-state index contributed by atoms with van der Waals surface area (Å²) >= 11 is 0. The number of hydrogen-bond acceptors (Lipinski definition) is 6. The second-order valence-corrected chi connectivity index (χ2v) is 9.87. The highest BCUT2D eigenvalue weighted by atomic mass is 16.5. The first kappa shape index (κ1) is 23.0. The molecule has 36 heavy (non-hydrogen) atoms. The predicted molar refractivity (Wildman–Crippen MR) is 141 cm³/mol. The van der Waals surface area contributed by atoms with Crippen LogP contribution in [0.15, 0.2) is 41.2 Å². The number of likely N-dealkylation sites (tertiary alicyclic amines) is 1. The van der Waals surface area contributed by atoms with Gasteiger partial charge in [0.2, 0.25) is 5.43 Å². The standard InChI is InChI=1S/C27H32N6O3/c1-30-13-5-6-18(30)11-12-28-26(35)23-24(34)19-9-10-22(32-14-16-36-17-15-32)29-25(19)33-21-8-4-3-7-20(21)31(2)27(23)33/h3-4,7-10,18H,5-6,11-17H2,1-2H3,(H,28,35). The van der Waals surface area contributed by atoms with E-state index in [1.807, 2.05) is 52.4 Å². The summed E-state index contributed by atoms with van der Waals surface area (Å²) in [4.78, 5) is 36.8.